The highest BCUT2D eigenvalue weighted by molar-refractivity contribution is 5.92. The Labute approximate surface area is 247 Å². The number of rotatable bonds is 7. The molecule has 0 saturated heterocycles. The van der Waals surface area contributed by atoms with E-state index in [0.717, 1.165) is 41.2 Å². The van der Waals surface area contributed by atoms with Crippen LogP contribution in [0.2, 0.25) is 0 Å². The third-order valence-corrected chi connectivity index (χ3v) is 7.01. The molecule has 7 nitrogen and oxygen atoms in total. The number of aliphatic imine (C=N–C) groups is 1. The van der Waals surface area contributed by atoms with E-state index in [1.807, 2.05) is 30.3 Å². The van der Waals surface area contributed by atoms with E-state index in [1.165, 1.54) is 25.3 Å². The molecule has 0 fully saturated rings. The molecule has 3 aromatic carbocycles. The minimum Gasteiger partial charge on any atom is -0.496 e. The predicted molar refractivity (Wildman–Crippen MR) is 159 cm³/mol. The fourth-order valence-corrected chi connectivity index (χ4v) is 4.71. The van der Waals surface area contributed by atoms with Gasteiger partial charge in [-0.25, -0.2) is 8.78 Å². The van der Waals surface area contributed by atoms with Gasteiger partial charge in [-0.05, 0) is 60.0 Å². The van der Waals surface area contributed by atoms with Gasteiger partial charge in [0.1, 0.15) is 17.4 Å². The molecule has 0 bridgehead atoms. The Morgan fingerprint density at radius 2 is 1.57 bits per heavy atom. The normalized spacial score (nSPS) is 13.8. The molecule has 5 rings (SSSR count). The summed E-state index contributed by atoms with van der Waals surface area (Å²) in [5, 5.41) is 11.9. The van der Waals surface area contributed by atoms with Gasteiger partial charge in [0.05, 0.1) is 18.3 Å². The van der Waals surface area contributed by atoms with Crippen LogP contribution in [0.5, 0.6) is 5.75 Å². The molecule has 0 aliphatic heterocycles. The van der Waals surface area contributed by atoms with E-state index in [9.17, 15) is 36.6 Å². The summed E-state index contributed by atoms with van der Waals surface area (Å²) in [6.07, 6.45) is -5.44. The van der Waals surface area contributed by atoms with Crippen LogP contribution in [0.3, 0.4) is 0 Å². The topological polar surface area (TPSA) is 108 Å². The Bertz CT molecular complexity index is 1920. The Balaban J connectivity index is 0.000000333. The number of fused-ring (bicyclic) bond motifs is 2. The smallest absolute Gasteiger partial charge is 0.422 e. The van der Waals surface area contributed by atoms with Gasteiger partial charge in [-0.3, -0.25) is 14.6 Å². The van der Waals surface area contributed by atoms with Gasteiger partial charge in [-0.15, -0.1) is 0 Å². The van der Waals surface area contributed by atoms with Gasteiger partial charge in [-0.1, -0.05) is 31.2 Å². The molecule has 0 saturated carbocycles. The van der Waals surface area contributed by atoms with Crippen molar-refractivity contribution in [2.45, 2.75) is 37.5 Å². The van der Waals surface area contributed by atoms with Crippen LogP contribution >= 0.6 is 0 Å². The Hall–Kier alpha value is -4.84. The van der Waals surface area contributed by atoms with Crippen LogP contribution in [0.15, 0.2) is 93.4 Å². The summed E-state index contributed by atoms with van der Waals surface area (Å²) < 4.78 is 74.5. The van der Waals surface area contributed by atoms with Gasteiger partial charge in [0.15, 0.2) is 5.60 Å². The number of pyridine rings is 2. The van der Waals surface area contributed by atoms with Gasteiger partial charge in [-0.2, -0.15) is 13.2 Å². The number of para-hydroxylation sites is 1. The third kappa shape index (κ3) is 7.38. The molecule has 230 valence electrons. The zero-order chi connectivity index (χ0) is 32.1. The standard InChI is InChI=1S/C23H21F5N2O3.C9H7NO/c1-3-13(16-5-4-14(24)10-20(16)33-2)11-22(32,23(26,27)28)12-29-18-8-15(25)9-19-17(18)6-7-21(31)30-19;11-9-6-5-7-3-1-2-4-8(7)10-9/h4-10,12-13,32H,3,11H2,1-2H3,(H,30,31);1-6H,(H,10,11). The Kier molecular flexibility index (Phi) is 9.63. The number of alkyl halides is 3. The van der Waals surface area contributed by atoms with Gasteiger partial charge >= 0.3 is 6.18 Å². The highest BCUT2D eigenvalue weighted by atomic mass is 19.4. The largest absolute Gasteiger partial charge is 0.496 e. The number of aromatic nitrogens is 2. The average molecular weight is 614 g/mol. The highest BCUT2D eigenvalue weighted by Crippen LogP contribution is 2.41. The van der Waals surface area contributed by atoms with E-state index in [0.29, 0.717) is 11.8 Å². The van der Waals surface area contributed by atoms with E-state index in [4.69, 9.17) is 4.74 Å². The number of hydrogen-bond acceptors (Lipinski definition) is 5. The first-order valence-corrected chi connectivity index (χ1v) is 13.4. The molecule has 2 aromatic heterocycles. The molecular formula is C32H28F5N3O4. The quantitative estimate of drug-likeness (QED) is 0.137. The highest BCUT2D eigenvalue weighted by Gasteiger charge is 2.53. The molecule has 44 heavy (non-hydrogen) atoms. The maximum absolute atomic E-state index is 14.0. The van der Waals surface area contributed by atoms with Crippen LogP contribution in [0.4, 0.5) is 27.6 Å². The molecule has 2 atom stereocenters. The molecule has 0 radical (unpaired) electrons. The van der Waals surface area contributed by atoms with Crippen LogP contribution in [0, 0.1) is 11.6 Å². The van der Waals surface area contributed by atoms with Gasteiger partial charge in [0.25, 0.3) is 0 Å². The van der Waals surface area contributed by atoms with Gasteiger partial charge < -0.3 is 19.8 Å². The monoisotopic (exact) mass is 613 g/mol. The summed E-state index contributed by atoms with van der Waals surface area (Å²) in [6, 6.07) is 18.8. The minimum absolute atomic E-state index is 0.0488. The molecule has 12 heteroatoms. The summed E-state index contributed by atoms with van der Waals surface area (Å²) >= 11 is 0. The Morgan fingerprint density at radius 3 is 2.25 bits per heavy atom. The number of aliphatic hydroxyl groups is 1. The molecule has 5 aromatic rings. The number of aromatic amines is 2. The average Bonchev–Trinajstić information content (AvgIpc) is 2.98. The first kappa shape index (κ1) is 32.1. The zero-order valence-electron chi connectivity index (χ0n) is 23.6. The summed E-state index contributed by atoms with van der Waals surface area (Å²) in [5.41, 5.74) is -2.92. The summed E-state index contributed by atoms with van der Waals surface area (Å²) in [5.74, 6) is -2.24. The number of H-pyrrole nitrogens is 2. The van der Waals surface area contributed by atoms with Crippen molar-refractivity contribution in [1.29, 1.82) is 0 Å². The van der Waals surface area contributed by atoms with Crippen LogP contribution in [-0.2, 0) is 0 Å². The number of nitrogens with one attached hydrogen (secondary N) is 2. The van der Waals surface area contributed by atoms with E-state index in [1.54, 1.807) is 6.92 Å². The van der Waals surface area contributed by atoms with E-state index < -0.39 is 41.3 Å². The lowest BCUT2D eigenvalue weighted by Gasteiger charge is -2.31. The lowest BCUT2D eigenvalue weighted by molar-refractivity contribution is -0.232. The first-order valence-electron chi connectivity index (χ1n) is 13.4. The second-order valence-electron chi connectivity index (χ2n) is 9.99. The van der Waals surface area contributed by atoms with Crippen molar-refractivity contribution >= 4 is 33.7 Å². The van der Waals surface area contributed by atoms with Crippen molar-refractivity contribution in [2.75, 3.05) is 7.11 Å². The molecule has 2 unspecified atom stereocenters. The van der Waals surface area contributed by atoms with Crippen molar-refractivity contribution in [1.82, 2.24) is 9.97 Å². The van der Waals surface area contributed by atoms with Crippen LogP contribution < -0.4 is 15.9 Å². The molecule has 3 N–H and O–H groups in total. The van der Waals surface area contributed by atoms with E-state index >= 15 is 0 Å². The number of benzene rings is 3. The SMILES string of the molecule is CCC(CC(O)(C=Nc1cc(F)cc2[nH]c(=O)ccc12)C(F)(F)F)c1ccc(F)cc1OC.O=c1ccc2ccccc2[nH]1. The van der Waals surface area contributed by atoms with E-state index in [2.05, 4.69) is 15.0 Å². The number of hydrogen-bond donors (Lipinski definition) is 3. The zero-order valence-corrected chi connectivity index (χ0v) is 23.6. The molecule has 0 amide bonds. The summed E-state index contributed by atoms with van der Waals surface area (Å²) in [6.45, 7) is 1.62. The molecule has 0 aliphatic carbocycles. The molecule has 0 spiro atoms. The fourth-order valence-electron chi connectivity index (χ4n) is 4.71. The minimum atomic E-state index is -5.12. The van der Waals surface area contributed by atoms with Crippen LogP contribution in [0.25, 0.3) is 21.8 Å². The second-order valence-corrected chi connectivity index (χ2v) is 9.99. The van der Waals surface area contributed by atoms with Crippen molar-refractivity contribution < 1.29 is 31.8 Å². The second kappa shape index (κ2) is 13.2. The van der Waals surface area contributed by atoms with Crippen LogP contribution in [-0.4, -0.2) is 40.2 Å². The van der Waals surface area contributed by atoms with Gasteiger partial charge in [0.2, 0.25) is 11.1 Å². The first-order chi connectivity index (χ1) is 20.8. The predicted octanol–water partition coefficient (Wildman–Crippen LogP) is 6.92. The van der Waals surface area contributed by atoms with Crippen molar-refractivity contribution in [2.24, 2.45) is 4.99 Å². The van der Waals surface area contributed by atoms with E-state index in [-0.39, 0.29) is 34.3 Å². The maximum atomic E-state index is 14.0. The van der Waals surface area contributed by atoms with Crippen molar-refractivity contribution in [3.63, 3.8) is 0 Å². The summed E-state index contributed by atoms with van der Waals surface area (Å²) in [4.78, 5) is 31.2. The Morgan fingerprint density at radius 1 is 0.886 bits per heavy atom. The molecular weight excluding hydrogens is 585 g/mol. The fraction of sp³-hybridized carbons (Fsp3) is 0.219. The maximum Gasteiger partial charge on any atom is 0.422 e. The number of halogens is 5. The summed E-state index contributed by atoms with van der Waals surface area (Å²) in [7, 11) is 1.27. The van der Waals surface area contributed by atoms with Gasteiger partial charge in [0, 0.05) is 41.4 Å². The van der Waals surface area contributed by atoms with Crippen molar-refractivity contribution in [3.8, 4) is 5.75 Å². The number of methoxy groups -OCH3 is 1. The lowest BCUT2D eigenvalue weighted by atomic mass is 9.84. The third-order valence-electron chi connectivity index (χ3n) is 7.01. The lowest BCUT2D eigenvalue weighted by Crippen LogP contribution is -2.47. The number of ether oxygens (including phenoxy) is 1. The van der Waals surface area contributed by atoms with Crippen LogP contribution in [0.1, 0.15) is 31.2 Å². The number of nitrogens with zero attached hydrogens (tertiary/aromatic N) is 1. The van der Waals surface area contributed by atoms with Crippen molar-refractivity contribution in [3.05, 3.63) is 117 Å². The molecule has 2 heterocycles. The molecule has 0 aliphatic rings.